The van der Waals surface area contributed by atoms with Gasteiger partial charge in [-0.3, -0.25) is 9.59 Å². The summed E-state index contributed by atoms with van der Waals surface area (Å²) in [6, 6.07) is 30.3. The van der Waals surface area contributed by atoms with Gasteiger partial charge in [-0.15, -0.1) is 0 Å². The van der Waals surface area contributed by atoms with Crippen molar-refractivity contribution in [2.24, 2.45) is 11.8 Å². The summed E-state index contributed by atoms with van der Waals surface area (Å²) >= 11 is 0. The minimum atomic E-state index is -4.79. The van der Waals surface area contributed by atoms with Gasteiger partial charge >= 0.3 is 24.3 Å². The Balaban J connectivity index is 1.11. The molecule has 4 aromatic carbocycles. The topological polar surface area (TPSA) is 71.1 Å². The second-order valence-electron chi connectivity index (χ2n) is 12.6. The van der Waals surface area contributed by atoms with Crippen LogP contribution in [0, 0.1) is 11.8 Å². The molecule has 284 valence electrons. The van der Waals surface area contributed by atoms with Crippen LogP contribution in [0.1, 0.15) is 68.9 Å². The fourth-order valence-electron chi connectivity index (χ4n) is 5.48. The molecule has 0 fully saturated rings. The van der Waals surface area contributed by atoms with Crippen molar-refractivity contribution in [2.45, 2.75) is 83.4 Å². The number of hydrogen-bond acceptors (Lipinski definition) is 6. The third kappa shape index (κ3) is 14.5. The fourth-order valence-corrected chi connectivity index (χ4v) is 5.48. The Morgan fingerprint density at radius 1 is 0.434 bits per heavy atom. The Labute approximate surface area is 305 Å². The van der Waals surface area contributed by atoms with Gasteiger partial charge in [-0.05, 0) is 72.5 Å². The maximum absolute atomic E-state index is 13.7. The molecule has 12 heteroatoms. The van der Waals surface area contributed by atoms with Gasteiger partial charge in [0.1, 0.15) is 36.2 Å². The predicted octanol–water partition coefficient (Wildman–Crippen LogP) is 11.2. The van der Waals surface area contributed by atoms with Gasteiger partial charge in [0, 0.05) is 0 Å². The number of unbranched alkanes of at least 4 members (excludes halogenated alkanes) is 6. The molecule has 0 saturated heterocycles. The second-order valence-corrected chi connectivity index (χ2v) is 12.6. The first kappa shape index (κ1) is 40.8. The van der Waals surface area contributed by atoms with Gasteiger partial charge in [0.25, 0.3) is 0 Å². The Morgan fingerprint density at radius 3 is 1.06 bits per heavy atom. The normalized spacial score (nSPS) is 12.8. The summed E-state index contributed by atoms with van der Waals surface area (Å²) in [5.74, 6) is -6.49. The minimum Gasteiger partial charge on any atom is -0.489 e. The summed E-state index contributed by atoms with van der Waals surface area (Å²) in [6.45, 7) is 0.601. The van der Waals surface area contributed by atoms with E-state index >= 15 is 0 Å². The lowest BCUT2D eigenvalue weighted by Crippen LogP contribution is -2.33. The second kappa shape index (κ2) is 20.3. The smallest absolute Gasteiger partial charge is 0.402 e. The van der Waals surface area contributed by atoms with Gasteiger partial charge in [-0.25, -0.2) is 0 Å². The highest BCUT2D eigenvalue weighted by Crippen LogP contribution is 2.34. The molecular weight excluding hydrogens is 702 g/mol. The number of ether oxygens (including phenoxy) is 4. The average Bonchev–Trinajstić information content (AvgIpc) is 3.13. The van der Waals surface area contributed by atoms with E-state index in [-0.39, 0.29) is 24.3 Å². The number of benzene rings is 4. The number of rotatable bonds is 20. The third-order valence-electron chi connectivity index (χ3n) is 8.43. The molecule has 0 radical (unpaired) electrons. The number of hydrogen-bond donors (Lipinski definition) is 0. The van der Waals surface area contributed by atoms with Crippen LogP contribution < -0.4 is 18.9 Å². The molecule has 0 bridgehead atoms. The SMILES string of the molecule is O=C(Oc1ccc(OCc2ccccc2)cc1)C(CCCCCCCCCC(C(=O)Oc1ccc(OCc2ccccc2)cc1)C(F)(F)F)C(F)(F)F. The molecule has 53 heavy (non-hydrogen) atoms. The van der Waals surface area contributed by atoms with Crippen molar-refractivity contribution in [2.75, 3.05) is 0 Å². The van der Waals surface area contributed by atoms with Crippen LogP contribution in [0.25, 0.3) is 0 Å². The Hall–Kier alpha value is -5.00. The first-order valence-electron chi connectivity index (χ1n) is 17.5. The molecule has 4 aromatic rings. The highest BCUT2D eigenvalue weighted by Gasteiger charge is 2.46. The molecule has 0 heterocycles. The summed E-state index contributed by atoms with van der Waals surface area (Å²) in [5.41, 5.74) is 1.88. The summed E-state index contributed by atoms with van der Waals surface area (Å²) < 4.78 is 104. The quantitative estimate of drug-likeness (QED) is 0.0388. The van der Waals surface area contributed by atoms with Crippen LogP contribution >= 0.6 is 0 Å². The zero-order valence-electron chi connectivity index (χ0n) is 29.0. The van der Waals surface area contributed by atoms with Crippen LogP contribution in [-0.4, -0.2) is 24.3 Å². The summed E-state index contributed by atoms with van der Waals surface area (Å²) in [6.07, 6.45) is -7.75. The average molecular weight is 745 g/mol. The lowest BCUT2D eigenvalue weighted by Gasteiger charge is -2.19. The van der Waals surface area contributed by atoms with Gasteiger partial charge in [0.15, 0.2) is 11.8 Å². The molecular formula is C41H42F6O6. The largest absolute Gasteiger partial charge is 0.489 e. The van der Waals surface area contributed by atoms with Crippen LogP contribution in [-0.2, 0) is 22.8 Å². The molecule has 0 saturated carbocycles. The molecule has 0 N–H and O–H groups in total. The zero-order chi connectivity index (χ0) is 38.1. The van der Waals surface area contributed by atoms with Crippen LogP contribution in [0.2, 0.25) is 0 Å². The highest BCUT2D eigenvalue weighted by molar-refractivity contribution is 5.76. The van der Waals surface area contributed by atoms with Crippen molar-refractivity contribution in [3.05, 3.63) is 120 Å². The zero-order valence-corrected chi connectivity index (χ0v) is 29.0. The van der Waals surface area contributed by atoms with E-state index < -0.39 is 49.0 Å². The molecule has 0 aliphatic rings. The first-order valence-corrected chi connectivity index (χ1v) is 17.5. The van der Waals surface area contributed by atoms with E-state index in [0.29, 0.717) is 56.8 Å². The molecule has 0 aliphatic carbocycles. The number of halogens is 6. The summed E-state index contributed by atoms with van der Waals surface area (Å²) in [5, 5.41) is 0. The van der Waals surface area contributed by atoms with E-state index in [2.05, 4.69) is 0 Å². The molecule has 0 aromatic heterocycles. The van der Waals surface area contributed by atoms with Crippen molar-refractivity contribution >= 4 is 11.9 Å². The van der Waals surface area contributed by atoms with Crippen LogP contribution in [0.15, 0.2) is 109 Å². The molecule has 2 unspecified atom stereocenters. The summed E-state index contributed by atoms with van der Waals surface area (Å²) in [4.78, 5) is 24.9. The van der Waals surface area contributed by atoms with E-state index in [1.807, 2.05) is 60.7 Å². The van der Waals surface area contributed by atoms with Crippen LogP contribution in [0.5, 0.6) is 23.0 Å². The van der Waals surface area contributed by atoms with Gasteiger partial charge < -0.3 is 18.9 Å². The molecule has 0 amide bonds. The number of esters is 2. The van der Waals surface area contributed by atoms with E-state index in [1.165, 1.54) is 48.5 Å². The van der Waals surface area contributed by atoms with Crippen molar-refractivity contribution in [3.8, 4) is 23.0 Å². The Bertz CT molecular complexity index is 1540. The van der Waals surface area contributed by atoms with Crippen LogP contribution in [0.3, 0.4) is 0 Å². The number of carbonyl (C=O) groups is 2. The van der Waals surface area contributed by atoms with Crippen LogP contribution in [0.4, 0.5) is 26.3 Å². The summed E-state index contributed by atoms with van der Waals surface area (Å²) in [7, 11) is 0. The monoisotopic (exact) mass is 744 g/mol. The van der Waals surface area contributed by atoms with E-state index in [1.54, 1.807) is 0 Å². The maximum atomic E-state index is 13.7. The Morgan fingerprint density at radius 2 is 0.736 bits per heavy atom. The lowest BCUT2D eigenvalue weighted by atomic mass is 9.98. The standard InChI is InChI=1S/C41H42F6O6/c42-40(43,44)36(38(48)52-34-24-20-32(21-25-34)50-28-30-14-8-6-9-15-30)18-12-4-2-1-3-5-13-19-37(41(45,46)47)39(49)53-35-26-22-33(23-27-35)51-29-31-16-10-7-11-17-31/h6-11,14-17,20-27,36-37H,1-5,12-13,18-19,28-29H2. The first-order chi connectivity index (χ1) is 25.4. The van der Waals surface area contributed by atoms with E-state index in [0.717, 1.165) is 11.1 Å². The molecule has 0 aliphatic heterocycles. The molecule has 6 nitrogen and oxygen atoms in total. The predicted molar refractivity (Wildman–Crippen MR) is 186 cm³/mol. The molecule has 4 rings (SSSR count). The fraction of sp³-hybridized carbons (Fsp3) is 0.366. The molecule has 2 atom stereocenters. The number of carbonyl (C=O) groups excluding carboxylic acids is 2. The van der Waals surface area contributed by atoms with E-state index in [9.17, 15) is 35.9 Å². The van der Waals surface area contributed by atoms with Crippen molar-refractivity contribution < 1.29 is 54.9 Å². The molecule has 0 spiro atoms. The van der Waals surface area contributed by atoms with Gasteiger partial charge in [0.05, 0.1) is 0 Å². The third-order valence-corrected chi connectivity index (χ3v) is 8.43. The number of alkyl halides is 6. The lowest BCUT2D eigenvalue weighted by molar-refractivity contribution is -0.194. The van der Waals surface area contributed by atoms with Gasteiger partial charge in [0.2, 0.25) is 0 Å². The maximum Gasteiger partial charge on any atom is 0.402 e. The van der Waals surface area contributed by atoms with Crippen molar-refractivity contribution in [1.82, 2.24) is 0 Å². The van der Waals surface area contributed by atoms with Gasteiger partial charge in [-0.2, -0.15) is 26.3 Å². The Kier molecular flexibility index (Phi) is 15.6. The minimum absolute atomic E-state index is 0.0313. The van der Waals surface area contributed by atoms with Gasteiger partial charge in [-0.1, -0.05) is 106 Å². The van der Waals surface area contributed by atoms with E-state index in [4.69, 9.17) is 18.9 Å². The van der Waals surface area contributed by atoms with Crippen molar-refractivity contribution in [3.63, 3.8) is 0 Å². The van der Waals surface area contributed by atoms with Crippen molar-refractivity contribution in [1.29, 1.82) is 0 Å². The highest BCUT2D eigenvalue weighted by atomic mass is 19.4.